The van der Waals surface area contributed by atoms with Gasteiger partial charge in [-0.15, -0.1) is 4.91 Å². The Morgan fingerprint density at radius 3 is 1.44 bits per heavy atom. The summed E-state index contributed by atoms with van der Waals surface area (Å²) in [5.41, 5.74) is 27.2. The minimum absolute atomic E-state index is 0.00333. The van der Waals surface area contributed by atoms with Gasteiger partial charge in [-0.1, -0.05) is 182 Å². The first kappa shape index (κ1) is 74.0. The van der Waals surface area contributed by atoms with Crippen LogP contribution in [-0.4, -0.2) is 59.4 Å². The number of hydrazone groups is 1. The van der Waals surface area contributed by atoms with Gasteiger partial charge >= 0.3 is 0 Å². The highest BCUT2D eigenvalue weighted by Gasteiger charge is 2.34. The molecular formula is C91H93N9O8. The number of carbonyl (C=O) groups is 1. The third-order valence-electron chi connectivity index (χ3n) is 19.4. The van der Waals surface area contributed by atoms with E-state index >= 15 is 0 Å². The van der Waals surface area contributed by atoms with Crippen molar-refractivity contribution in [2.75, 3.05) is 59.6 Å². The average molecular weight is 1440 g/mol. The lowest BCUT2D eigenvalue weighted by Gasteiger charge is -2.33. The summed E-state index contributed by atoms with van der Waals surface area (Å²) in [6, 6.07) is 84.3. The summed E-state index contributed by atoms with van der Waals surface area (Å²) < 4.78 is 33.0. The van der Waals surface area contributed by atoms with Crippen LogP contribution in [0.25, 0.3) is 10.9 Å². The molecule has 0 fully saturated rings. The van der Waals surface area contributed by atoms with Crippen LogP contribution in [0.4, 0.5) is 28.4 Å². The Morgan fingerprint density at radius 2 is 0.907 bits per heavy atom. The number of fused-ring (bicyclic) bond motifs is 7. The summed E-state index contributed by atoms with van der Waals surface area (Å²) in [6.45, 7) is 21.3. The summed E-state index contributed by atoms with van der Waals surface area (Å²) in [7, 11) is 2.21. The van der Waals surface area contributed by atoms with E-state index in [-0.39, 0.29) is 36.1 Å². The van der Waals surface area contributed by atoms with Gasteiger partial charge in [-0.05, 0) is 196 Å². The highest BCUT2D eigenvalue weighted by Crippen LogP contribution is 2.45. The van der Waals surface area contributed by atoms with Crippen LogP contribution in [0.1, 0.15) is 117 Å². The predicted octanol–water partition coefficient (Wildman–Crippen LogP) is 19.9. The molecule has 5 N–H and O–H groups in total. The van der Waals surface area contributed by atoms with E-state index in [0.29, 0.717) is 18.0 Å². The maximum absolute atomic E-state index is 12.0. The van der Waals surface area contributed by atoms with E-state index in [1.54, 1.807) is 12.1 Å². The zero-order valence-corrected chi connectivity index (χ0v) is 62.7. The van der Waals surface area contributed by atoms with Gasteiger partial charge < -0.3 is 54.6 Å². The molecule has 0 aliphatic carbocycles. The standard InChI is InChI=1S/C21H22N2O.C18H20N2O.C15H14N2O2.C15H13NO2.C15H15NO.C7H9NO/c1-14-10-16-17-12-22(2)9-8-18(17)23-13-20(15-6-4-3-5-7-15)24-19(11-14)21(16)23;1-13(2)19-20-12-18(15-7-5-4-6-8-15)21-17-11-14(3)9-10-16(17)20;1-11-7-8-13-14(9-11)19-15(10-17(13)16-18)12-5-3-2-4-6-12;1-10-7-8-12-13(9-10)18-14(15(17)16-12)11-5-3-2-4-6-11;1-11-7-8-13-14(9-11)17-15(10-16-13)12-5-3-2-4-6-12;1-5-2-3-6(8)7(9)4-5/h3-7,10-11,20H,8-9,12-13H2,1-2H3;4-11,18H,12H2,1-3H3;2-9,15H,10H2,1H3;2-9,14H,1H3,(H,16,17);2-9,15-16H,10H2,1H3;2-4,9H,8H2,1H3. The molecule has 0 saturated carbocycles. The second-order valence-electron chi connectivity index (χ2n) is 28.3. The quantitative estimate of drug-likeness (QED) is 0.0511. The van der Waals surface area contributed by atoms with Gasteiger partial charge in [0.05, 0.1) is 54.0 Å². The van der Waals surface area contributed by atoms with Crippen molar-refractivity contribution in [2.24, 2.45) is 10.4 Å². The fourth-order valence-corrected chi connectivity index (χ4v) is 14.0. The Labute approximate surface area is 632 Å². The van der Waals surface area contributed by atoms with Gasteiger partial charge in [0.15, 0.2) is 0 Å². The van der Waals surface area contributed by atoms with Gasteiger partial charge in [0.1, 0.15) is 70.3 Å². The molecule has 0 spiro atoms. The zero-order chi connectivity index (χ0) is 75.4. The number of aryl methyl sites for hydroxylation is 6. The molecule has 5 atom stereocenters. The van der Waals surface area contributed by atoms with Crippen molar-refractivity contribution in [1.82, 2.24) is 9.47 Å². The normalized spacial score (nSPS) is 17.3. The van der Waals surface area contributed by atoms with Gasteiger partial charge in [0.25, 0.3) is 5.91 Å². The van der Waals surface area contributed by atoms with Crippen molar-refractivity contribution in [3.8, 4) is 34.5 Å². The Hall–Kier alpha value is -12.3. The average Bonchev–Trinajstić information content (AvgIpc) is 1.57. The number of rotatable bonds is 7. The van der Waals surface area contributed by atoms with E-state index in [1.165, 1.54) is 60.5 Å². The van der Waals surface area contributed by atoms with Crippen molar-refractivity contribution in [1.29, 1.82) is 0 Å². The maximum Gasteiger partial charge on any atom is 0.270 e. The fraction of sp³-hybridized carbons (Fsp3) is 0.231. The van der Waals surface area contributed by atoms with Crippen molar-refractivity contribution in [3.05, 3.63) is 332 Å². The summed E-state index contributed by atoms with van der Waals surface area (Å²) in [5, 5.41) is 27.9. The number of nitroso groups, excluding NO2 is 1. The Morgan fingerprint density at radius 1 is 0.472 bits per heavy atom. The van der Waals surface area contributed by atoms with E-state index in [2.05, 4.69) is 161 Å². The number of aromatic nitrogens is 1. The van der Waals surface area contributed by atoms with Crippen molar-refractivity contribution in [2.45, 2.75) is 105 Å². The van der Waals surface area contributed by atoms with Crippen LogP contribution in [0.3, 0.4) is 0 Å². The molecule has 5 unspecified atom stereocenters. The third kappa shape index (κ3) is 17.8. The lowest BCUT2D eigenvalue weighted by atomic mass is 10.0. The molecule has 6 aliphatic rings. The summed E-state index contributed by atoms with van der Waals surface area (Å²) in [5.74, 6) is 4.36. The zero-order valence-electron chi connectivity index (χ0n) is 62.7. The number of nitrogen functional groups attached to an aromatic ring is 1. The number of phenols is 1. The first-order valence-corrected chi connectivity index (χ1v) is 36.7. The lowest BCUT2D eigenvalue weighted by Crippen LogP contribution is -2.32. The number of nitrogens with two attached hydrogens (primary N) is 1. The molecule has 17 nitrogen and oxygen atoms in total. The smallest absolute Gasteiger partial charge is 0.270 e. The van der Waals surface area contributed by atoms with E-state index in [1.807, 2.05) is 179 Å². The SMILES string of the molecule is CC(C)=NN1CC(c2ccccc2)Oc2cc(C)ccc21.Cc1cc2c3c(c1)c1c(n3CC(c3ccccc3)O2)CCN(C)C1.Cc1ccc(N)c(O)c1.Cc1ccc2c(c1)OC(c1ccccc1)C(=O)N2.Cc1ccc2c(c1)OC(c1ccccc1)CN2.Cc1ccc2c(c1)OC(c1ccccc1)CN2N=O. The molecule has 108 heavy (non-hydrogen) atoms. The highest BCUT2D eigenvalue weighted by atomic mass is 16.5. The summed E-state index contributed by atoms with van der Waals surface area (Å²) >= 11 is 0. The number of phenolic OH excluding ortho intramolecular Hbond substituents is 1. The molecule has 18 rings (SSSR count). The number of aromatic hydroxyl groups is 1. The number of ether oxygens (including phenoxy) is 5. The molecule has 11 aromatic carbocycles. The molecule has 1 amide bonds. The van der Waals surface area contributed by atoms with Gasteiger partial charge in [0.2, 0.25) is 6.10 Å². The first-order valence-electron chi connectivity index (χ1n) is 36.7. The third-order valence-corrected chi connectivity index (χ3v) is 19.4. The highest BCUT2D eigenvalue weighted by molar-refractivity contribution is 5.98. The van der Waals surface area contributed by atoms with Crippen LogP contribution < -0.4 is 50.1 Å². The minimum atomic E-state index is -0.569. The second kappa shape index (κ2) is 33.8. The number of nitrogens with one attached hydrogen (secondary N) is 2. The number of hydrogen-bond acceptors (Lipinski definition) is 14. The van der Waals surface area contributed by atoms with Crippen LogP contribution in [0.15, 0.2) is 265 Å². The first-order chi connectivity index (χ1) is 52.4. The van der Waals surface area contributed by atoms with E-state index in [0.717, 1.165) is 118 Å². The second-order valence-corrected chi connectivity index (χ2v) is 28.3. The largest absolute Gasteiger partial charge is 0.506 e. The fourth-order valence-electron chi connectivity index (χ4n) is 14.0. The molecule has 12 aromatic rings. The number of nitrogens with zero attached hydrogens (tertiary/aromatic N) is 6. The van der Waals surface area contributed by atoms with Crippen molar-refractivity contribution in [3.63, 3.8) is 0 Å². The number of carbonyl (C=O) groups excluding carboxylic acids is 1. The van der Waals surface area contributed by atoms with Crippen molar-refractivity contribution < 1.29 is 33.6 Å². The van der Waals surface area contributed by atoms with Crippen LogP contribution in [0.5, 0.6) is 34.5 Å². The molecule has 1 aromatic heterocycles. The molecule has 550 valence electrons. The lowest BCUT2D eigenvalue weighted by molar-refractivity contribution is -0.123. The molecule has 0 saturated heterocycles. The number of benzene rings is 11. The van der Waals surface area contributed by atoms with Crippen molar-refractivity contribution >= 4 is 51.0 Å². The summed E-state index contributed by atoms with van der Waals surface area (Å²) in [6.07, 6.45) is 0.586. The van der Waals surface area contributed by atoms with Crippen LogP contribution >= 0.6 is 0 Å². The molecule has 17 heteroatoms. The molecule has 7 heterocycles. The maximum atomic E-state index is 12.0. The van der Waals surface area contributed by atoms with Crippen LogP contribution in [-0.2, 0) is 24.3 Å². The monoisotopic (exact) mass is 1440 g/mol. The Bertz CT molecular complexity index is 5130. The topological polar surface area (TPSA) is 190 Å². The Balaban J connectivity index is 0.000000116. The minimum Gasteiger partial charge on any atom is -0.506 e. The number of hydrogen-bond donors (Lipinski definition) is 4. The number of amides is 1. The van der Waals surface area contributed by atoms with Gasteiger partial charge in [-0.3, -0.25) is 9.80 Å². The summed E-state index contributed by atoms with van der Waals surface area (Å²) in [4.78, 5) is 25.4. The van der Waals surface area contributed by atoms with Gasteiger partial charge in [-0.25, -0.2) is 5.01 Å². The predicted molar refractivity (Wildman–Crippen MR) is 434 cm³/mol. The van der Waals surface area contributed by atoms with E-state index in [4.69, 9.17) is 34.5 Å². The molecular weight excluding hydrogens is 1350 g/mol. The van der Waals surface area contributed by atoms with Crippen LogP contribution in [0, 0.1) is 46.4 Å². The molecule has 0 bridgehead atoms. The van der Waals surface area contributed by atoms with E-state index < -0.39 is 6.10 Å². The Kier molecular flexibility index (Phi) is 23.2. The number of anilines is 5. The number of likely N-dealkylation sites (N-methyl/N-ethyl adjacent to an activating group) is 1. The van der Waals surface area contributed by atoms with E-state index in [9.17, 15) is 9.70 Å². The van der Waals surface area contributed by atoms with Gasteiger partial charge in [-0.2, -0.15) is 5.10 Å². The van der Waals surface area contributed by atoms with Crippen LogP contribution in [0.2, 0.25) is 0 Å². The molecule has 6 aliphatic heterocycles. The van der Waals surface area contributed by atoms with Gasteiger partial charge in [0, 0.05) is 41.9 Å². The molecule has 0 radical (unpaired) electrons.